The monoisotopic (exact) mass is 509 g/mol. The molecule has 0 radical (unpaired) electrons. The van der Waals surface area contributed by atoms with E-state index in [1.807, 2.05) is 48.5 Å². The number of ether oxygens (including phenoxy) is 2. The highest BCUT2D eigenvalue weighted by molar-refractivity contribution is 8.04. The van der Waals surface area contributed by atoms with Crippen molar-refractivity contribution in [3.8, 4) is 5.75 Å². The number of esters is 1. The molecule has 0 spiro atoms. The summed E-state index contributed by atoms with van der Waals surface area (Å²) in [5.41, 5.74) is 1.14. The number of benzene rings is 2. The lowest BCUT2D eigenvalue weighted by Crippen LogP contribution is -2.45. The number of hydrogen-bond acceptors (Lipinski definition) is 6. The summed E-state index contributed by atoms with van der Waals surface area (Å²) in [6.07, 6.45) is 7.61. The van der Waals surface area contributed by atoms with Crippen molar-refractivity contribution < 1.29 is 19.4 Å². The first-order chi connectivity index (χ1) is 17.0. The van der Waals surface area contributed by atoms with E-state index in [1.54, 1.807) is 13.3 Å². The third-order valence-corrected chi connectivity index (χ3v) is 8.62. The number of para-hydroxylation sites is 1. The number of aliphatic hydroxyl groups is 1. The van der Waals surface area contributed by atoms with Gasteiger partial charge in [0, 0.05) is 22.9 Å². The summed E-state index contributed by atoms with van der Waals surface area (Å²) in [6, 6.07) is 15.4. The fourth-order valence-electron chi connectivity index (χ4n) is 5.36. The molecule has 7 heteroatoms. The lowest BCUT2D eigenvalue weighted by Gasteiger charge is -2.41. The molecule has 0 amide bonds. The summed E-state index contributed by atoms with van der Waals surface area (Å²) in [4.78, 5) is 18.9. The summed E-state index contributed by atoms with van der Waals surface area (Å²) in [7, 11) is 1.59. The van der Waals surface area contributed by atoms with Crippen LogP contribution in [0.5, 0.6) is 5.75 Å². The van der Waals surface area contributed by atoms with E-state index in [2.05, 4.69) is 4.98 Å². The Balaban J connectivity index is 1.42. The minimum atomic E-state index is -0.717. The third kappa shape index (κ3) is 4.87. The number of pyridine rings is 1. The van der Waals surface area contributed by atoms with E-state index in [9.17, 15) is 9.90 Å². The molecular formula is C28H28ClNO4S. The highest BCUT2D eigenvalue weighted by Gasteiger charge is 2.48. The molecule has 1 atom stereocenters. The predicted molar refractivity (Wildman–Crippen MR) is 139 cm³/mol. The maximum absolute atomic E-state index is 13.3. The first-order valence-electron chi connectivity index (χ1n) is 12.0. The molecule has 3 aromatic rings. The van der Waals surface area contributed by atoms with Crippen LogP contribution in [-0.2, 0) is 16.0 Å². The molecule has 1 fully saturated rings. The zero-order valence-electron chi connectivity index (χ0n) is 19.6. The van der Waals surface area contributed by atoms with Crippen molar-refractivity contribution in [1.82, 2.24) is 4.98 Å². The van der Waals surface area contributed by atoms with Crippen molar-refractivity contribution in [3.63, 3.8) is 0 Å². The number of aromatic nitrogens is 1. The second-order valence-corrected chi connectivity index (χ2v) is 10.7. The Hall–Kier alpha value is -2.70. The number of fused-ring (bicyclic) bond motifs is 1. The molecule has 182 valence electrons. The fourth-order valence-corrected chi connectivity index (χ4v) is 6.59. The fraction of sp³-hybridized carbons (Fsp3) is 0.357. The van der Waals surface area contributed by atoms with Crippen molar-refractivity contribution in [3.05, 3.63) is 76.0 Å². The van der Waals surface area contributed by atoms with Gasteiger partial charge in [-0.15, -0.1) is 0 Å². The highest BCUT2D eigenvalue weighted by Crippen LogP contribution is 2.48. The molecule has 2 aromatic carbocycles. The van der Waals surface area contributed by atoms with Crippen LogP contribution < -0.4 is 4.74 Å². The summed E-state index contributed by atoms with van der Waals surface area (Å²) < 4.78 is 11.5. The zero-order valence-corrected chi connectivity index (χ0v) is 21.2. The molecule has 5 rings (SSSR count). The highest BCUT2D eigenvalue weighted by atomic mass is 35.5. The van der Waals surface area contributed by atoms with Gasteiger partial charge in [-0.1, -0.05) is 60.5 Å². The van der Waals surface area contributed by atoms with Gasteiger partial charge >= 0.3 is 5.97 Å². The van der Waals surface area contributed by atoms with E-state index < -0.39 is 11.6 Å². The van der Waals surface area contributed by atoms with Crippen LogP contribution in [0, 0.1) is 5.92 Å². The minimum Gasteiger partial charge on any atom is -0.511 e. The van der Waals surface area contributed by atoms with E-state index in [1.165, 1.54) is 11.8 Å². The maximum atomic E-state index is 13.3. The van der Waals surface area contributed by atoms with E-state index >= 15 is 0 Å². The third-order valence-electron chi connectivity index (χ3n) is 7.17. The van der Waals surface area contributed by atoms with E-state index in [-0.39, 0.29) is 16.6 Å². The zero-order chi connectivity index (χ0) is 24.4. The van der Waals surface area contributed by atoms with Crippen LogP contribution in [0.4, 0.5) is 0 Å². The van der Waals surface area contributed by atoms with Crippen molar-refractivity contribution in [2.45, 2.75) is 55.4 Å². The minimum absolute atomic E-state index is 0.110. The van der Waals surface area contributed by atoms with Gasteiger partial charge in [0.2, 0.25) is 0 Å². The molecular weight excluding hydrogens is 482 g/mol. The van der Waals surface area contributed by atoms with E-state index in [4.69, 9.17) is 21.1 Å². The van der Waals surface area contributed by atoms with Crippen molar-refractivity contribution >= 4 is 40.2 Å². The number of thioether (sulfide) groups is 1. The van der Waals surface area contributed by atoms with Gasteiger partial charge < -0.3 is 14.6 Å². The molecule has 2 heterocycles. The number of carbonyl (C=O) groups is 1. The van der Waals surface area contributed by atoms with Gasteiger partial charge in [0.05, 0.1) is 17.6 Å². The topological polar surface area (TPSA) is 68.7 Å². The van der Waals surface area contributed by atoms with E-state index in [0.717, 1.165) is 47.0 Å². The van der Waals surface area contributed by atoms with Gasteiger partial charge in [0.1, 0.15) is 22.0 Å². The van der Waals surface area contributed by atoms with Gasteiger partial charge in [-0.2, -0.15) is 0 Å². The van der Waals surface area contributed by atoms with Crippen LogP contribution in [0.15, 0.2) is 70.3 Å². The number of aliphatic hydroxyl groups excluding tert-OH is 1. The summed E-state index contributed by atoms with van der Waals surface area (Å²) in [5, 5.41) is 12.7. The smallest absolute Gasteiger partial charge is 0.349 e. The van der Waals surface area contributed by atoms with Gasteiger partial charge in [-0.25, -0.2) is 4.79 Å². The summed E-state index contributed by atoms with van der Waals surface area (Å²) >= 11 is 7.57. The Morgan fingerprint density at radius 3 is 2.74 bits per heavy atom. The molecule has 35 heavy (non-hydrogen) atoms. The first-order valence-corrected chi connectivity index (χ1v) is 13.2. The molecule has 1 unspecified atom stereocenters. The second kappa shape index (κ2) is 10.1. The largest absolute Gasteiger partial charge is 0.511 e. The number of carbonyl (C=O) groups excluding carboxylic acids is 1. The number of rotatable bonds is 7. The van der Waals surface area contributed by atoms with Crippen molar-refractivity contribution in [2.24, 2.45) is 5.92 Å². The lowest BCUT2D eigenvalue weighted by atomic mass is 9.77. The second-order valence-electron chi connectivity index (χ2n) is 9.29. The SMILES string of the molecule is COc1ccc(CCC2(C3CCCC3)CC(O)=C(Sc3cccc4cccnc34)C(=O)O2)cc1Cl. The number of cyclic esters (lactones) is 1. The van der Waals surface area contributed by atoms with Crippen LogP contribution in [0.2, 0.25) is 5.02 Å². The summed E-state index contributed by atoms with van der Waals surface area (Å²) in [5.74, 6) is 0.522. The molecule has 0 saturated heterocycles. The number of halogens is 1. The lowest BCUT2D eigenvalue weighted by molar-refractivity contribution is -0.166. The average Bonchev–Trinajstić information content (AvgIpc) is 3.41. The molecule has 1 aromatic heterocycles. The molecule has 1 saturated carbocycles. The Morgan fingerprint density at radius 1 is 1.20 bits per heavy atom. The van der Waals surface area contributed by atoms with Crippen LogP contribution in [-0.4, -0.2) is 28.8 Å². The van der Waals surface area contributed by atoms with Crippen molar-refractivity contribution in [1.29, 1.82) is 0 Å². The Morgan fingerprint density at radius 2 is 2.00 bits per heavy atom. The Labute approximate surface area is 214 Å². The normalized spacial score (nSPS) is 20.9. The Bertz CT molecular complexity index is 1280. The average molecular weight is 510 g/mol. The standard InChI is InChI=1S/C28H28ClNO4S/c1-33-23-12-11-18(16-21(23)29)13-14-28(20-8-2-3-9-20)17-22(31)26(27(32)34-28)35-24-10-4-6-19-7-5-15-30-25(19)24/h4-7,10-12,15-16,20,31H,2-3,8-9,13-14,17H2,1H3. The Kier molecular flexibility index (Phi) is 6.94. The maximum Gasteiger partial charge on any atom is 0.349 e. The summed E-state index contributed by atoms with van der Waals surface area (Å²) in [6.45, 7) is 0. The number of aryl methyl sites for hydroxylation is 1. The van der Waals surface area contributed by atoms with Crippen LogP contribution in [0.3, 0.4) is 0 Å². The molecule has 2 aliphatic rings. The molecule has 1 aliphatic carbocycles. The van der Waals surface area contributed by atoms with Crippen molar-refractivity contribution in [2.75, 3.05) is 7.11 Å². The molecule has 1 N–H and O–H groups in total. The van der Waals surface area contributed by atoms with Gasteiger partial charge in [0.15, 0.2) is 0 Å². The number of hydrogen-bond donors (Lipinski definition) is 1. The molecule has 5 nitrogen and oxygen atoms in total. The molecule has 0 bridgehead atoms. The van der Waals surface area contributed by atoms with Gasteiger partial charge in [-0.05, 0) is 61.4 Å². The van der Waals surface area contributed by atoms with Crippen LogP contribution in [0.1, 0.15) is 44.1 Å². The predicted octanol–water partition coefficient (Wildman–Crippen LogP) is 7.27. The number of nitrogens with zero attached hydrogens (tertiary/aromatic N) is 1. The quantitative estimate of drug-likeness (QED) is 0.338. The first kappa shape index (κ1) is 24.0. The van der Waals surface area contributed by atoms with Crippen LogP contribution >= 0.6 is 23.4 Å². The van der Waals surface area contributed by atoms with Gasteiger partial charge in [-0.3, -0.25) is 4.98 Å². The van der Waals surface area contributed by atoms with E-state index in [0.29, 0.717) is 30.0 Å². The number of methoxy groups -OCH3 is 1. The van der Waals surface area contributed by atoms with Gasteiger partial charge in [0.25, 0.3) is 0 Å². The van der Waals surface area contributed by atoms with Crippen LogP contribution in [0.25, 0.3) is 10.9 Å². The molecule has 1 aliphatic heterocycles.